The van der Waals surface area contributed by atoms with E-state index in [1.54, 1.807) is 0 Å². The van der Waals surface area contributed by atoms with Crippen LogP contribution in [0.5, 0.6) is 0 Å². The first-order valence-electron chi connectivity index (χ1n) is 5.84. The quantitative estimate of drug-likeness (QED) is 0.932. The van der Waals surface area contributed by atoms with Crippen LogP contribution in [0.15, 0.2) is 16.7 Å². The summed E-state index contributed by atoms with van der Waals surface area (Å²) in [6, 6.07) is 2.43. The first kappa shape index (κ1) is 14.5. The second-order valence-electron chi connectivity index (χ2n) is 5.49. The summed E-state index contributed by atoms with van der Waals surface area (Å²) >= 11 is 3.43. The number of aromatic nitrogens is 1. The minimum atomic E-state index is 0.204. The maximum atomic E-state index is 5.78. The standard InChI is InChI=1S/C13H22BrN3/c1-9(13(2,3)4)17(5)12-10(7-15)6-11(14)8-16-12/h6,8-9H,7,15H2,1-5H3. The zero-order valence-corrected chi connectivity index (χ0v) is 12.9. The predicted octanol–water partition coefficient (Wildman–Crippen LogP) is 3.17. The van der Waals surface area contributed by atoms with E-state index in [0.29, 0.717) is 12.6 Å². The van der Waals surface area contributed by atoms with Gasteiger partial charge in [0, 0.05) is 35.9 Å². The van der Waals surface area contributed by atoms with Gasteiger partial charge in [-0.3, -0.25) is 0 Å². The van der Waals surface area contributed by atoms with Crippen LogP contribution in [0.3, 0.4) is 0 Å². The van der Waals surface area contributed by atoms with Gasteiger partial charge in [0.05, 0.1) is 0 Å². The third kappa shape index (κ3) is 3.42. The van der Waals surface area contributed by atoms with E-state index >= 15 is 0 Å². The van der Waals surface area contributed by atoms with Gasteiger partial charge in [0.25, 0.3) is 0 Å². The maximum absolute atomic E-state index is 5.78. The van der Waals surface area contributed by atoms with Crippen molar-refractivity contribution in [2.45, 2.75) is 40.3 Å². The van der Waals surface area contributed by atoms with Crippen LogP contribution < -0.4 is 10.6 Å². The number of rotatable bonds is 3. The first-order chi connectivity index (χ1) is 7.77. The smallest absolute Gasteiger partial charge is 0.133 e. The molecule has 0 spiro atoms. The van der Waals surface area contributed by atoms with Crippen LogP contribution in [0.2, 0.25) is 0 Å². The van der Waals surface area contributed by atoms with Gasteiger partial charge in [-0.25, -0.2) is 4.98 Å². The summed E-state index contributed by atoms with van der Waals surface area (Å²) in [6.45, 7) is 9.41. The predicted molar refractivity (Wildman–Crippen MR) is 77.1 cm³/mol. The number of pyridine rings is 1. The Morgan fingerprint density at radius 1 is 1.47 bits per heavy atom. The Bertz CT molecular complexity index is 385. The van der Waals surface area contributed by atoms with E-state index in [9.17, 15) is 0 Å². The highest BCUT2D eigenvalue weighted by Gasteiger charge is 2.25. The topological polar surface area (TPSA) is 42.2 Å². The number of halogens is 1. The molecule has 0 aliphatic carbocycles. The van der Waals surface area contributed by atoms with Gasteiger partial charge in [-0.2, -0.15) is 0 Å². The van der Waals surface area contributed by atoms with Crippen molar-refractivity contribution in [2.24, 2.45) is 11.1 Å². The van der Waals surface area contributed by atoms with Gasteiger partial charge in [0.15, 0.2) is 0 Å². The molecule has 4 heteroatoms. The fourth-order valence-corrected chi connectivity index (χ4v) is 2.08. The van der Waals surface area contributed by atoms with Crippen molar-refractivity contribution in [3.63, 3.8) is 0 Å². The SMILES string of the molecule is CC(N(C)c1ncc(Br)cc1CN)C(C)(C)C. The van der Waals surface area contributed by atoms with Crippen LogP contribution in [-0.4, -0.2) is 18.1 Å². The Morgan fingerprint density at radius 3 is 2.53 bits per heavy atom. The Kier molecular flexibility index (Phi) is 4.55. The Hall–Kier alpha value is -0.610. The molecule has 17 heavy (non-hydrogen) atoms. The van der Waals surface area contributed by atoms with Crippen molar-refractivity contribution in [1.82, 2.24) is 4.98 Å². The summed E-state index contributed by atoms with van der Waals surface area (Å²) in [4.78, 5) is 6.69. The molecule has 0 fully saturated rings. The Labute approximate surface area is 113 Å². The molecule has 1 atom stereocenters. The van der Waals surface area contributed by atoms with Crippen molar-refractivity contribution in [2.75, 3.05) is 11.9 Å². The molecule has 3 nitrogen and oxygen atoms in total. The van der Waals surface area contributed by atoms with E-state index < -0.39 is 0 Å². The zero-order chi connectivity index (χ0) is 13.2. The second kappa shape index (κ2) is 5.36. The molecule has 96 valence electrons. The number of hydrogen-bond acceptors (Lipinski definition) is 3. The monoisotopic (exact) mass is 299 g/mol. The van der Waals surface area contributed by atoms with Gasteiger partial charge in [-0.15, -0.1) is 0 Å². The molecule has 0 bridgehead atoms. The van der Waals surface area contributed by atoms with Crippen LogP contribution >= 0.6 is 15.9 Å². The molecular weight excluding hydrogens is 278 g/mol. The minimum absolute atomic E-state index is 0.204. The largest absolute Gasteiger partial charge is 0.356 e. The molecule has 1 unspecified atom stereocenters. The van der Waals surface area contributed by atoms with E-state index in [1.807, 2.05) is 12.3 Å². The molecule has 0 amide bonds. The second-order valence-corrected chi connectivity index (χ2v) is 6.41. The molecule has 0 aliphatic rings. The third-order valence-corrected chi connectivity index (χ3v) is 3.73. The van der Waals surface area contributed by atoms with Crippen molar-refractivity contribution in [1.29, 1.82) is 0 Å². The molecule has 1 aromatic rings. The molecule has 0 aliphatic heterocycles. The van der Waals surface area contributed by atoms with Gasteiger partial charge < -0.3 is 10.6 Å². The van der Waals surface area contributed by atoms with Crippen molar-refractivity contribution in [3.8, 4) is 0 Å². The molecule has 1 rings (SSSR count). The summed E-state index contributed by atoms with van der Waals surface area (Å²) in [5.74, 6) is 0.970. The maximum Gasteiger partial charge on any atom is 0.133 e. The van der Waals surface area contributed by atoms with Crippen molar-refractivity contribution in [3.05, 3.63) is 22.3 Å². The van der Waals surface area contributed by atoms with Crippen molar-refractivity contribution >= 4 is 21.7 Å². The van der Waals surface area contributed by atoms with Gasteiger partial charge in [-0.1, -0.05) is 20.8 Å². The molecule has 0 radical (unpaired) electrons. The van der Waals surface area contributed by atoms with Gasteiger partial charge in [0.1, 0.15) is 5.82 Å². The highest BCUT2D eigenvalue weighted by molar-refractivity contribution is 9.10. The van der Waals surface area contributed by atoms with Crippen LogP contribution in [0.4, 0.5) is 5.82 Å². The molecule has 0 saturated heterocycles. The van der Waals surface area contributed by atoms with Gasteiger partial charge in [-0.05, 0) is 34.3 Å². The number of nitrogens with two attached hydrogens (primary N) is 1. The molecule has 1 aromatic heterocycles. The summed E-state index contributed by atoms with van der Waals surface area (Å²) in [7, 11) is 2.07. The highest BCUT2D eigenvalue weighted by atomic mass is 79.9. The van der Waals surface area contributed by atoms with Crippen LogP contribution in [0, 0.1) is 5.41 Å². The van der Waals surface area contributed by atoms with Crippen LogP contribution in [-0.2, 0) is 6.54 Å². The molecule has 1 heterocycles. The number of nitrogens with zero attached hydrogens (tertiary/aromatic N) is 2. The lowest BCUT2D eigenvalue weighted by Gasteiger charge is -2.37. The lowest BCUT2D eigenvalue weighted by atomic mass is 9.87. The normalized spacial score (nSPS) is 13.6. The van der Waals surface area contributed by atoms with E-state index in [-0.39, 0.29) is 5.41 Å². The summed E-state index contributed by atoms with van der Waals surface area (Å²) < 4.78 is 0.971. The lowest BCUT2D eigenvalue weighted by molar-refractivity contribution is 0.328. The minimum Gasteiger partial charge on any atom is -0.356 e. The fourth-order valence-electron chi connectivity index (χ4n) is 1.71. The summed E-state index contributed by atoms with van der Waals surface area (Å²) in [5.41, 5.74) is 7.05. The zero-order valence-electron chi connectivity index (χ0n) is 11.3. The lowest BCUT2D eigenvalue weighted by Crippen LogP contribution is -2.40. The fraction of sp³-hybridized carbons (Fsp3) is 0.615. The average molecular weight is 300 g/mol. The van der Waals surface area contributed by atoms with Crippen molar-refractivity contribution < 1.29 is 0 Å². The van der Waals surface area contributed by atoms with Gasteiger partial charge in [0.2, 0.25) is 0 Å². The summed E-state index contributed by atoms with van der Waals surface area (Å²) in [5, 5.41) is 0. The van der Waals surface area contributed by atoms with Crippen LogP contribution in [0.25, 0.3) is 0 Å². The van der Waals surface area contributed by atoms with Gasteiger partial charge >= 0.3 is 0 Å². The molecular formula is C13H22BrN3. The number of hydrogen-bond donors (Lipinski definition) is 1. The molecule has 2 N–H and O–H groups in total. The average Bonchev–Trinajstić information content (AvgIpc) is 2.25. The highest BCUT2D eigenvalue weighted by Crippen LogP contribution is 2.29. The van der Waals surface area contributed by atoms with Crippen LogP contribution in [0.1, 0.15) is 33.3 Å². The Morgan fingerprint density at radius 2 is 2.06 bits per heavy atom. The van der Waals surface area contributed by atoms with E-state index in [4.69, 9.17) is 5.73 Å². The van der Waals surface area contributed by atoms with E-state index in [0.717, 1.165) is 15.9 Å². The van der Waals surface area contributed by atoms with E-state index in [1.165, 1.54) is 0 Å². The number of anilines is 1. The first-order valence-corrected chi connectivity index (χ1v) is 6.64. The molecule has 0 saturated carbocycles. The Balaban J connectivity index is 3.08. The van der Waals surface area contributed by atoms with E-state index in [2.05, 4.69) is 60.6 Å². The third-order valence-electron chi connectivity index (χ3n) is 3.30. The summed E-state index contributed by atoms with van der Waals surface area (Å²) in [6.07, 6.45) is 1.82. The molecule has 0 aromatic carbocycles.